The van der Waals surface area contributed by atoms with Crippen LogP contribution in [0.25, 0.3) is 0 Å². The second-order valence-corrected chi connectivity index (χ2v) is 5.31. The fourth-order valence-electron chi connectivity index (χ4n) is 2.63. The first kappa shape index (κ1) is 15.0. The van der Waals surface area contributed by atoms with Crippen LogP contribution in [0.5, 0.6) is 0 Å². The minimum Gasteiger partial charge on any atom is -0.480 e. The lowest BCUT2D eigenvalue weighted by Crippen LogP contribution is -2.41. The van der Waals surface area contributed by atoms with E-state index in [0.29, 0.717) is 18.8 Å². The Morgan fingerprint density at radius 1 is 1.22 bits per heavy atom. The molecule has 0 heterocycles. The number of rotatable bonds is 6. The van der Waals surface area contributed by atoms with Crippen molar-refractivity contribution in [3.8, 4) is 0 Å². The molecule has 0 aromatic heterocycles. The maximum absolute atomic E-state index is 11.8. The van der Waals surface area contributed by atoms with Crippen LogP contribution in [0.3, 0.4) is 0 Å². The Hall–Kier alpha value is -1.06. The second kappa shape index (κ2) is 8.11. The van der Waals surface area contributed by atoms with E-state index < -0.39 is 12.0 Å². The molecule has 2 N–H and O–H groups in total. The lowest BCUT2D eigenvalue weighted by molar-refractivity contribution is -0.142. The van der Waals surface area contributed by atoms with Gasteiger partial charge in [0.15, 0.2) is 0 Å². The molecule has 1 atom stereocenters. The fourth-order valence-corrected chi connectivity index (χ4v) is 2.63. The lowest BCUT2D eigenvalue weighted by atomic mass is 9.96. The van der Waals surface area contributed by atoms with Gasteiger partial charge in [-0.1, -0.05) is 39.0 Å². The van der Waals surface area contributed by atoms with Crippen molar-refractivity contribution in [1.29, 1.82) is 0 Å². The number of carboxylic acids is 1. The van der Waals surface area contributed by atoms with Crippen LogP contribution in [0.4, 0.5) is 0 Å². The summed E-state index contributed by atoms with van der Waals surface area (Å²) in [6.07, 6.45) is 8.93. The Bertz CT molecular complexity index is 270. The summed E-state index contributed by atoms with van der Waals surface area (Å²) in [5, 5.41) is 11.6. The molecule has 0 aromatic rings. The zero-order valence-electron chi connectivity index (χ0n) is 11.3. The third-order valence-corrected chi connectivity index (χ3v) is 3.66. The van der Waals surface area contributed by atoms with Gasteiger partial charge < -0.3 is 10.4 Å². The minimum absolute atomic E-state index is 0.0947. The van der Waals surface area contributed by atoms with Crippen LogP contribution < -0.4 is 5.32 Å². The molecule has 1 unspecified atom stereocenters. The first-order valence-electron chi connectivity index (χ1n) is 7.15. The van der Waals surface area contributed by atoms with Gasteiger partial charge in [-0.05, 0) is 25.2 Å². The molecule has 4 nitrogen and oxygen atoms in total. The molecule has 18 heavy (non-hydrogen) atoms. The zero-order chi connectivity index (χ0) is 13.4. The Kier molecular flexibility index (Phi) is 6.76. The molecule has 1 amide bonds. The molecular weight excluding hydrogens is 230 g/mol. The van der Waals surface area contributed by atoms with Gasteiger partial charge in [0.25, 0.3) is 0 Å². The van der Waals surface area contributed by atoms with Gasteiger partial charge in [-0.15, -0.1) is 0 Å². The van der Waals surface area contributed by atoms with Crippen molar-refractivity contribution in [1.82, 2.24) is 5.32 Å². The molecule has 4 heteroatoms. The summed E-state index contributed by atoms with van der Waals surface area (Å²) >= 11 is 0. The van der Waals surface area contributed by atoms with Crippen LogP contribution in [-0.4, -0.2) is 23.0 Å². The van der Waals surface area contributed by atoms with Gasteiger partial charge in [0, 0.05) is 6.42 Å². The summed E-state index contributed by atoms with van der Waals surface area (Å²) in [4.78, 5) is 22.8. The fraction of sp³-hybridized carbons (Fsp3) is 0.857. The highest BCUT2D eigenvalue weighted by Gasteiger charge is 2.21. The summed E-state index contributed by atoms with van der Waals surface area (Å²) in [6, 6.07) is -0.715. The molecule has 104 valence electrons. The topological polar surface area (TPSA) is 66.4 Å². The number of hydrogen-bond acceptors (Lipinski definition) is 2. The van der Waals surface area contributed by atoms with Crippen molar-refractivity contribution in [3.63, 3.8) is 0 Å². The van der Waals surface area contributed by atoms with E-state index in [1.807, 2.05) is 6.92 Å². The van der Waals surface area contributed by atoms with Crippen LogP contribution >= 0.6 is 0 Å². The van der Waals surface area contributed by atoms with Gasteiger partial charge in [-0.2, -0.15) is 0 Å². The number of carboxylic acid groups (broad SMARTS) is 1. The summed E-state index contributed by atoms with van der Waals surface area (Å²) in [5.74, 6) is -0.572. The zero-order valence-corrected chi connectivity index (χ0v) is 11.3. The standard InChI is InChI=1S/C14H25NO3/c1-2-7-12(14(17)18)15-13(16)10-11-8-5-3-4-6-9-11/h11-12H,2-10H2,1H3,(H,15,16)(H,17,18). The van der Waals surface area contributed by atoms with E-state index in [1.54, 1.807) is 0 Å². The van der Waals surface area contributed by atoms with Crippen molar-refractivity contribution in [2.45, 2.75) is 70.8 Å². The van der Waals surface area contributed by atoms with E-state index in [-0.39, 0.29) is 5.91 Å². The van der Waals surface area contributed by atoms with Gasteiger partial charge in [-0.25, -0.2) is 4.79 Å². The van der Waals surface area contributed by atoms with E-state index in [2.05, 4.69) is 5.32 Å². The van der Waals surface area contributed by atoms with Crippen molar-refractivity contribution in [2.24, 2.45) is 5.92 Å². The predicted molar refractivity (Wildman–Crippen MR) is 70.3 cm³/mol. The molecule has 1 aliphatic rings. The summed E-state index contributed by atoms with van der Waals surface area (Å²) in [6.45, 7) is 1.92. The lowest BCUT2D eigenvalue weighted by Gasteiger charge is -2.17. The first-order chi connectivity index (χ1) is 8.63. The smallest absolute Gasteiger partial charge is 0.326 e. The van der Waals surface area contributed by atoms with Crippen molar-refractivity contribution in [3.05, 3.63) is 0 Å². The number of aliphatic carboxylic acids is 1. The number of nitrogens with one attached hydrogen (secondary N) is 1. The summed E-state index contributed by atoms with van der Waals surface area (Å²) in [7, 11) is 0. The van der Waals surface area contributed by atoms with Crippen LogP contribution in [0.15, 0.2) is 0 Å². The van der Waals surface area contributed by atoms with Gasteiger partial charge in [-0.3, -0.25) is 4.79 Å². The number of amides is 1. The quantitative estimate of drug-likeness (QED) is 0.717. The predicted octanol–water partition coefficient (Wildman–Crippen LogP) is 2.72. The van der Waals surface area contributed by atoms with Crippen LogP contribution in [0, 0.1) is 5.92 Å². The normalized spacial score (nSPS) is 18.9. The van der Waals surface area contributed by atoms with E-state index in [4.69, 9.17) is 5.11 Å². The molecule has 1 rings (SSSR count). The molecule has 1 aliphatic carbocycles. The highest BCUT2D eigenvalue weighted by molar-refractivity contribution is 5.83. The minimum atomic E-state index is -0.925. The molecule has 0 bridgehead atoms. The second-order valence-electron chi connectivity index (χ2n) is 5.31. The van der Waals surface area contributed by atoms with Crippen LogP contribution in [-0.2, 0) is 9.59 Å². The molecule has 1 saturated carbocycles. The molecule has 0 saturated heterocycles. The van der Waals surface area contributed by atoms with Gasteiger partial charge in [0.1, 0.15) is 6.04 Å². The van der Waals surface area contributed by atoms with E-state index in [1.165, 1.54) is 25.7 Å². The van der Waals surface area contributed by atoms with E-state index >= 15 is 0 Å². The molecule has 0 aromatic carbocycles. The van der Waals surface area contributed by atoms with Gasteiger partial charge in [0.2, 0.25) is 5.91 Å². The molecule has 0 aliphatic heterocycles. The Morgan fingerprint density at radius 2 is 1.83 bits per heavy atom. The van der Waals surface area contributed by atoms with Crippen molar-refractivity contribution < 1.29 is 14.7 Å². The molecule has 0 radical (unpaired) electrons. The molecular formula is C14H25NO3. The number of hydrogen-bond donors (Lipinski definition) is 2. The largest absolute Gasteiger partial charge is 0.480 e. The molecule has 0 spiro atoms. The Labute approximate surface area is 109 Å². The van der Waals surface area contributed by atoms with E-state index in [9.17, 15) is 9.59 Å². The van der Waals surface area contributed by atoms with Crippen molar-refractivity contribution >= 4 is 11.9 Å². The first-order valence-corrected chi connectivity index (χ1v) is 7.15. The van der Waals surface area contributed by atoms with Gasteiger partial charge >= 0.3 is 5.97 Å². The maximum atomic E-state index is 11.8. The monoisotopic (exact) mass is 255 g/mol. The van der Waals surface area contributed by atoms with Gasteiger partial charge in [0.05, 0.1) is 0 Å². The highest BCUT2D eigenvalue weighted by Crippen LogP contribution is 2.25. The highest BCUT2D eigenvalue weighted by atomic mass is 16.4. The SMILES string of the molecule is CCCC(NC(=O)CC1CCCCCC1)C(=O)O. The average Bonchev–Trinajstić information content (AvgIpc) is 2.57. The number of carbonyl (C=O) groups excluding carboxylic acids is 1. The van der Waals surface area contributed by atoms with Crippen molar-refractivity contribution in [2.75, 3.05) is 0 Å². The van der Waals surface area contributed by atoms with Crippen LogP contribution in [0.1, 0.15) is 64.7 Å². The maximum Gasteiger partial charge on any atom is 0.326 e. The summed E-state index contributed by atoms with van der Waals surface area (Å²) < 4.78 is 0. The third-order valence-electron chi connectivity index (χ3n) is 3.66. The van der Waals surface area contributed by atoms with E-state index in [0.717, 1.165) is 19.3 Å². The average molecular weight is 255 g/mol. The Balaban J connectivity index is 2.36. The summed E-state index contributed by atoms with van der Waals surface area (Å²) in [5.41, 5.74) is 0. The Morgan fingerprint density at radius 3 is 2.33 bits per heavy atom. The molecule has 1 fully saturated rings. The number of carbonyl (C=O) groups is 2. The van der Waals surface area contributed by atoms with Crippen LogP contribution in [0.2, 0.25) is 0 Å². The third kappa shape index (κ3) is 5.52.